The lowest BCUT2D eigenvalue weighted by Gasteiger charge is -2.06. The lowest BCUT2D eigenvalue weighted by atomic mass is 9.99. The molecule has 0 saturated carbocycles. The van der Waals surface area contributed by atoms with E-state index in [1.165, 1.54) is 25.1 Å². The Bertz CT molecular complexity index is 663. The van der Waals surface area contributed by atoms with Gasteiger partial charge in [0.1, 0.15) is 5.82 Å². The van der Waals surface area contributed by atoms with Gasteiger partial charge in [-0.05, 0) is 55.0 Å². The number of nitrogens with one attached hydrogen (secondary N) is 1. The second-order valence-corrected chi connectivity index (χ2v) is 4.55. The van der Waals surface area contributed by atoms with Gasteiger partial charge in [0.2, 0.25) is 5.91 Å². The van der Waals surface area contributed by atoms with Crippen LogP contribution in [0.2, 0.25) is 0 Å². The number of anilines is 1. The number of rotatable bonds is 3. The second-order valence-electron chi connectivity index (χ2n) is 4.55. The molecule has 0 atom stereocenters. The van der Waals surface area contributed by atoms with Gasteiger partial charge in [0.15, 0.2) is 5.78 Å². The summed E-state index contributed by atoms with van der Waals surface area (Å²) in [5, 5.41) is 2.63. The predicted molar refractivity (Wildman–Crippen MR) is 75.3 cm³/mol. The average Bonchev–Trinajstić information content (AvgIpc) is 2.38. The van der Waals surface area contributed by atoms with Crippen LogP contribution in [0.15, 0.2) is 42.5 Å². The fourth-order valence-corrected chi connectivity index (χ4v) is 1.95. The molecule has 0 saturated heterocycles. The molecule has 0 spiro atoms. The maximum atomic E-state index is 13.0. The maximum Gasteiger partial charge on any atom is 0.221 e. The molecule has 0 bridgehead atoms. The van der Waals surface area contributed by atoms with Crippen molar-refractivity contribution in [2.75, 3.05) is 5.32 Å². The molecule has 0 fully saturated rings. The number of halogens is 1. The molecule has 0 heterocycles. The van der Waals surface area contributed by atoms with Gasteiger partial charge in [-0.3, -0.25) is 9.59 Å². The Morgan fingerprint density at radius 3 is 2.25 bits per heavy atom. The number of benzene rings is 2. The predicted octanol–water partition coefficient (Wildman–Crippen LogP) is 3.32. The topological polar surface area (TPSA) is 46.2 Å². The first-order valence-corrected chi connectivity index (χ1v) is 6.16. The van der Waals surface area contributed by atoms with Gasteiger partial charge >= 0.3 is 0 Å². The summed E-state index contributed by atoms with van der Waals surface area (Å²) in [4.78, 5) is 23.2. The zero-order valence-electron chi connectivity index (χ0n) is 11.2. The van der Waals surface area contributed by atoms with Crippen molar-refractivity contribution in [2.45, 2.75) is 13.8 Å². The van der Waals surface area contributed by atoms with Crippen molar-refractivity contribution in [1.29, 1.82) is 0 Å². The van der Waals surface area contributed by atoms with E-state index in [0.717, 1.165) is 0 Å². The van der Waals surface area contributed by atoms with Crippen molar-refractivity contribution in [3.8, 4) is 0 Å². The Morgan fingerprint density at radius 2 is 1.70 bits per heavy atom. The molecule has 0 aliphatic heterocycles. The molecule has 20 heavy (non-hydrogen) atoms. The Labute approximate surface area is 116 Å². The number of aryl methyl sites for hydroxylation is 1. The van der Waals surface area contributed by atoms with Gasteiger partial charge in [-0.1, -0.05) is 0 Å². The summed E-state index contributed by atoms with van der Waals surface area (Å²) in [7, 11) is 0. The van der Waals surface area contributed by atoms with Crippen LogP contribution in [-0.2, 0) is 4.79 Å². The van der Waals surface area contributed by atoms with Crippen molar-refractivity contribution < 1.29 is 14.0 Å². The van der Waals surface area contributed by atoms with Crippen LogP contribution in [0.3, 0.4) is 0 Å². The number of ketones is 1. The quantitative estimate of drug-likeness (QED) is 0.870. The molecule has 1 N–H and O–H groups in total. The lowest BCUT2D eigenvalue weighted by molar-refractivity contribution is -0.114. The van der Waals surface area contributed by atoms with Crippen LogP contribution < -0.4 is 5.32 Å². The number of hydrogen-bond acceptors (Lipinski definition) is 2. The Morgan fingerprint density at radius 1 is 1.05 bits per heavy atom. The van der Waals surface area contributed by atoms with Gasteiger partial charge in [0, 0.05) is 23.7 Å². The largest absolute Gasteiger partial charge is 0.326 e. The van der Waals surface area contributed by atoms with E-state index in [0.29, 0.717) is 22.4 Å². The van der Waals surface area contributed by atoms with Crippen LogP contribution in [-0.4, -0.2) is 11.7 Å². The molecule has 0 radical (unpaired) electrons. The van der Waals surface area contributed by atoms with Gasteiger partial charge in [-0.2, -0.15) is 0 Å². The fourth-order valence-electron chi connectivity index (χ4n) is 1.95. The molecule has 102 valence electrons. The minimum atomic E-state index is -0.361. The van der Waals surface area contributed by atoms with Crippen LogP contribution in [0, 0.1) is 12.7 Å². The number of amides is 1. The van der Waals surface area contributed by atoms with E-state index >= 15 is 0 Å². The van der Waals surface area contributed by atoms with Crippen LogP contribution >= 0.6 is 0 Å². The molecule has 0 unspecified atom stereocenters. The van der Waals surface area contributed by atoms with Gasteiger partial charge in [0.05, 0.1) is 0 Å². The summed E-state index contributed by atoms with van der Waals surface area (Å²) in [6.07, 6.45) is 0. The van der Waals surface area contributed by atoms with Crippen LogP contribution in [0.4, 0.5) is 10.1 Å². The van der Waals surface area contributed by atoms with Crippen LogP contribution in [0.1, 0.15) is 28.4 Å². The normalized spacial score (nSPS) is 10.2. The molecule has 2 aromatic carbocycles. The fraction of sp³-hybridized carbons (Fsp3) is 0.125. The highest BCUT2D eigenvalue weighted by molar-refractivity contribution is 6.10. The molecule has 3 nitrogen and oxygen atoms in total. The van der Waals surface area contributed by atoms with Gasteiger partial charge in [0.25, 0.3) is 0 Å². The van der Waals surface area contributed by atoms with E-state index in [2.05, 4.69) is 5.32 Å². The molecule has 0 aliphatic carbocycles. The zero-order valence-corrected chi connectivity index (χ0v) is 11.2. The van der Waals surface area contributed by atoms with Crippen LogP contribution in [0.25, 0.3) is 0 Å². The van der Waals surface area contributed by atoms with Crippen molar-refractivity contribution in [2.24, 2.45) is 0 Å². The summed E-state index contributed by atoms with van der Waals surface area (Å²) >= 11 is 0. The summed E-state index contributed by atoms with van der Waals surface area (Å²) in [5.41, 5.74) is 2.19. The van der Waals surface area contributed by atoms with Gasteiger partial charge in [-0.15, -0.1) is 0 Å². The number of carbonyl (C=O) groups excluding carboxylic acids is 2. The van der Waals surface area contributed by atoms with E-state index in [4.69, 9.17) is 0 Å². The highest BCUT2D eigenvalue weighted by Crippen LogP contribution is 2.17. The van der Waals surface area contributed by atoms with Crippen molar-refractivity contribution >= 4 is 17.4 Å². The SMILES string of the molecule is CC(=O)Nc1ccc(C(=O)c2ccc(F)cc2C)cc1. The molecule has 2 rings (SSSR count). The molecular formula is C16H14FNO2. The van der Waals surface area contributed by atoms with Crippen LogP contribution in [0.5, 0.6) is 0 Å². The summed E-state index contributed by atoms with van der Waals surface area (Å²) < 4.78 is 13.0. The summed E-state index contributed by atoms with van der Waals surface area (Å²) in [5.74, 6) is -0.699. The first kappa shape index (κ1) is 13.9. The highest BCUT2D eigenvalue weighted by Gasteiger charge is 2.12. The third-order valence-corrected chi connectivity index (χ3v) is 2.90. The Hall–Kier alpha value is -2.49. The van der Waals surface area contributed by atoms with Gasteiger partial charge < -0.3 is 5.32 Å². The Balaban J connectivity index is 2.27. The minimum absolute atomic E-state index is 0.168. The second kappa shape index (κ2) is 5.65. The van der Waals surface area contributed by atoms with Gasteiger partial charge in [-0.25, -0.2) is 4.39 Å². The monoisotopic (exact) mass is 271 g/mol. The van der Waals surface area contributed by atoms with E-state index < -0.39 is 0 Å². The van der Waals surface area contributed by atoms with Crippen molar-refractivity contribution in [1.82, 2.24) is 0 Å². The third-order valence-electron chi connectivity index (χ3n) is 2.90. The van der Waals surface area contributed by atoms with E-state index in [1.54, 1.807) is 31.2 Å². The van der Waals surface area contributed by atoms with E-state index in [9.17, 15) is 14.0 Å². The molecule has 4 heteroatoms. The standard InChI is InChI=1S/C16H14FNO2/c1-10-9-13(17)5-8-15(10)16(20)12-3-6-14(7-4-12)18-11(2)19/h3-9H,1-2H3,(H,18,19). The third kappa shape index (κ3) is 3.09. The van der Waals surface area contributed by atoms with Crippen molar-refractivity contribution in [3.63, 3.8) is 0 Å². The first-order chi connectivity index (χ1) is 9.47. The molecule has 2 aromatic rings. The number of hydrogen-bond donors (Lipinski definition) is 1. The number of carbonyl (C=O) groups is 2. The Kier molecular flexibility index (Phi) is 3.94. The molecule has 0 aliphatic rings. The summed E-state index contributed by atoms with van der Waals surface area (Å²) in [6, 6.07) is 10.7. The van der Waals surface area contributed by atoms with E-state index in [-0.39, 0.29) is 17.5 Å². The lowest BCUT2D eigenvalue weighted by Crippen LogP contribution is -2.07. The van der Waals surface area contributed by atoms with E-state index in [1.807, 2.05) is 0 Å². The zero-order chi connectivity index (χ0) is 14.7. The molecule has 0 aromatic heterocycles. The summed E-state index contributed by atoms with van der Waals surface area (Å²) in [6.45, 7) is 3.11. The van der Waals surface area contributed by atoms with Crippen molar-refractivity contribution in [3.05, 3.63) is 65.0 Å². The smallest absolute Gasteiger partial charge is 0.221 e. The molecule has 1 amide bonds. The highest BCUT2D eigenvalue weighted by atomic mass is 19.1. The first-order valence-electron chi connectivity index (χ1n) is 6.16. The average molecular weight is 271 g/mol. The molecular weight excluding hydrogens is 257 g/mol. The minimum Gasteiger partial charge on any atom is -0.326 e. The maximum absolute atomic E-state index is 13.0.